The Labute approximate surface area is 121 Å². The summed E-state index contributed by atoms with van der Waals surface area (Å²) >= 11 is 0. The Morgan fingerprint density at radius 1 is 1.24 bits per heavy atom. The molecule has 0 fully saturated rings. The van der Waals surface area contributed by atoms with Crippen molar-refractivity contribution < 1.29 is 18.7 Å². The number of rotatable bonds is 4. The van der Waals surface area contributed by atoms with Gasteiger partial charge in [0.1, 0.15) is 11.6 Å². The van der Waals surface area contributed by atoms with Crippen molar-refractivity contribution in [2.45, 2.75) is 0 Å². The number of nitrogen functional groups attached to an aromatic ring is 1. The second-order valence-corrected chi connectivity index (χ2v) is 4.27. The van der Waals surface area contributed by atoms with Crippen LogP contribution in [0.3, 0.4) is 0 Å². The van der Waals surface area contributed by atoms with Crippen LogP contribution in [0.5, 0.6) is 5.75 Å². The third-order valence-electron chi connectivity index (χ3n) is 2.89. The molecule has 0 saturated heterocycles. The molecular formula is C15H15FN2O3. The van der Waals surface area contributed by atoms with Gasteiger partial charge in [0.25, 0.3) is 0 Å². The molecule has 0 spiro atoms. The van der Waals surface area contributed by atoms with Gasteiger partial charge in [-0.2, -0.15) is 0 Å². The van der Waals surface area contributed by atoms with E-state index in [-0.39, 0.29) is 16.9 Å². The van der Waals surface area contributed by atoms with Crippen molar-refractivity contribution in [2.75, 3.05) is 25.3 Å². The van der Waals surface area contributed by atoms with Gasteiger partial charge in [0, 0.05) is 17.4 Å². The van der Waals surface area contributed by atoms with Crippen LogP contribution in [0.25, 0.3) is 0 Å². The molecule has 0 radical (unpaired) electrons. The van der Waals surface area contributed by atoms with E-state index in [2.05, 4.69) is 10.1 Å². The number of esters is 1. The summed E-state index contributed by atoms with van der Waals surface area (Å²) in [5.74, 6) is -0.562. The van der Waals surface area contributed by atoms with Crippen LogP contribution in [0, 0.1) is 5.82 Å². The predicted molar refractivity (Wildman–Crippen MR) is 78.4 cm³/mol. The highest BCUT2D eigenvalue weighted by atomic mass is 19.1. The molecule has 2 aromatic rings. The number of nitrogens with one attached hydrogen (secondary N) is 1. The molecule has 5 nitrogen and oxygen atoms in total. The molecule has 0 amide bonds. The Morgan fingerprint density at radius 3 is 2.67 bits per heavy atom. The van der Waals surface area contributed by atoms with Crippen molar-refractivity contribution in [1.29, 1.82) is 0 Å². The van der Waals surface area contributed by atoms with Gasteiger partial charge in [-0.05, 0) is 24.3 Å². The fourth-order valence-electron chi connectivity index (χ4n) is 1.83. The lowest BCUT2D eigenvalue weighted by Gasteiger charge is -2.12. The first-order valence-corrected chi connectivity index (χ1v) is 6.13. The van der Waals surface area contributed by atoms with Crippen LogP contribution < -0.4 is 15.8 Å². The summed E-state index contributed by atoms with van der Waals surface area (Å²) in [7, 11) is 2.78. The normalized spacial score (nSPS) is 10.0. The summed E-state index contributed by atoms with van der Waals surface area (Å²) in [5.41, 5.74) is 6.48. The van der Waals surface area contributed by atoms with E-state index in [0.29, 0.717) is 11.4 Å². The van der Waals surface area contributed by atoms with Crippen LogP contribution in [-0.4, -0.2) is 20.2 Å². The van der Waals surface area contributed by atoms with Crippen molar-refractivity contribution in [2.24, 2.45) is 0 Å². The number of halogens is 1. The molecule has 0 saturated carbocycles. The third-order valence-corrected chi connectivity index (χ3v) is 2.89. The van der Waals surface area contributed by atoms with Crippen LogP contribution in [-0.2, 0) is 4.74 Å². The average Bonchev–Trinajstić information content (AvgIpc) is 2.49. The van der Waals surface area contributed by atoms with E-state index in [1.165, 1.54) is 20.3 Å². The highest BCUT2D eigenvalue weighted by Gasteiger charge is 2.14. The summed E-state index contributed by atoms with van der Waals surface area (Å²) in [6.07, 6.45) is 0. The number of hydrogen-bond acceptors (Lipinski definition) is 5. The van der Waals surface area contributed by atoms with E-state index in [1.807, 2.05) is 0 Å². The minimum absolute atomic E-state index is 0.0237. The quantitative estimate of drug-likeness (QED) is 0.669. The van der Waals surface area contributed by atoms with Crippen LogP contribution in [0.1, 0.15) is 10.4 Å². The Kier molecular flexibility index (Phi) is 4.27. The summed E-state index contributed by atoms with van der Waals surface area (Å²) in [6, 6.07) is 9.37. The first-order chi connectivity index (χ1) is 10.0. The Morgan fingerprint density at radius 2 is 2.00 bits per heavy atom. The van der Waals surface area contributed by atoms with E-state index >= 15 is 0 Å². The lowest BCUT2D eigenvalue weighted by molar-refractivity contribution is 0.0602. The fourth-order valence-corrected chi connectivity index (χ4v) is 1.83. The van der Waals surface area contributed by atoms with Gasteiger partial charge >= 0.3 is 5.97 Å². The maximum atomic E-state index is 13.9. The number of benzene rings is 2. The van der Waals surface area contributed by atoms with Crippen molar-refractivity contribution >= 4 is 23.0 Å². The standard InChI is InChI=1S/C15H15FN2O3/c1-20-10-5-3-4-9(6-10)18-14-7-11(15(19)21-2)13(17)8-12(14)16/h3-8,18H,17H2,1-2H3. The number of anilines is 3. The molecule has 0 aliphatic heterocycles. The van der Waals surface area contributed by atoms with E-state index in [9.17, 15) is 9.18 Å². The van der Waals surface area contributed by atoms with E-state index in [0.717, 1.165) is 6.07 Å². The molecule has 0 atom stereocenters. The number of nitrogens with two attached hydrogens (primary N) is 1. The highest BCUT2D eigenvalue weighted by Crippen LogP contribution is 2.27. The molecule has 2 rings (SSSR count). The summed E-state index contributed by atoms with van der Waals surface area (Å²) < 4.78 is 23.6. The fraction of sp³-hybridized carbons (Fsp3) is 0.133. The molecule has 0 aromatic heterocycles. The number of methoxy groups -OCH3 is 2. The Bertz CT molecular complexity index is 674. The molecule has 0 bridgehead atoms. The number of ether oxygens (including phenoxy) is 2. The molecule has 0 aliphatic carbocycles. The summed E-state index contributed by atoms with van der Waals surface area (Å²) in [6.45, 7) is 0. The van der Waals surface area contributed by atoms with Crippen molar-refractivity contribution in [1.82, 2.24) is 0 Å². The third kappa shape index (κ3) is 3.22. The molecule has 0 heterocycles. The smallest absolute Gasteiger partial charge is 0.340 e. The molecule has 0 unspecified atom stereocenters. The van der Waals surface area contributed by atoms with E-state index < -0.39 is 11.8 Å². The molecule has 3 N–H and O–H groups in total. The van der Waals surface area contributed by atoms with Crippen LogP contribution in [0.2, 0.25) is 0 Å². The average molecular weight is 290 g/mol. The second kappa shape index (κ2) is 6.13. The summed E-state index contributed by atoms with van der Waals surface area (Å²) in [5, 5.41) is 2.88. The van der Waals surface area contributed by atoms with E-state index in [1.54, 1.807) is 24.3 Å². The molecule has 21 heavy (non-hydrogen) atoms. The highest BCUT2D eigenvalue weighted by molar-refractivity contribution is 5.96. The lowest BCUT2D eigenvalue weighted by Crippen LogP contribution is -2.07. The maximum Gasteiger partial charge on any atom is 0.340 e. The lowest BCUT2D eigenvalue weighted by atomic mass is 10.1. The SMILES string of the molecule is COC(=O)c1cc(Nc2cccc(OC)c2)c(F)cc1N. The van der Waals surface area contributed by atoms with Gasteiger partial charge in [0.05, 0.1) is 25.5 Å². The first-order valence-electron chi connectivity index (χ1n) is 6.13. The molecular weight excluding hydrogens is 275 g/mol. The summed E-state index contributed by atoms with van der Waals surface area (Å²) in [4.78, 5) is 11.6. The van der Waals surface area contributed by atoms with Crippen molar-refractivity contribution in [3.8, 4) is 5.75 Å². The van der Waals surface area contributed by atoms with Crippen molar-refractivity contribution in [3.05, 3.63) is 47.8 Å². The van der Waals surface area contributed by atoms with E-state index in [4.69, 9.17) is 10.5 Å². The van der Waals surface area contributed by atoms with Gasteiger partial charge in [0.2, 0.25) is 0 Å². The first kappa shape index (κ1) is 14.6. The molecule has 110 valence electrons. The Balaban J connectivity index is 2.37. The zero-order valence-corrected chi connectivity index (χ0v) is 11.6. The predicted octanol–water partition coefficient (Wildman–Crippen LogP) is 2.95. The van der Waals surface area contributed by atoms with Crippen LogP contribution in [0.15, 0.2) is 36.4 Å². The largest absolute Gasteiger partial charge is 0.497 e. The van der Waals surface area contributed by atoms with Crippen LogP contribution >= 0.6 is 0 Å². The van der Waals surface area contributed by atoms with Gasteiger partial charge in [-0.3, -0.25) is 0 Å². The molecule has 2 aromatic carbocycles. The Hall–Kier alpha value is -2.76. The van der Waals surface area contributed by atoms with Gasteiger partial charge in [-0.25, -0.2) is 9.18 Å². The second-order valence-electron chi connectivity index (χ2n) is 4.27. The number of carbonyl (C=O) groups is 1. The van der Waals surface area contributed by atoms with Gasteiger partial charge in [-0.1, -0.05) is 6.07 Å². The maximum absolute atomic E-state index is 13.9. The number of carbonyl (C=O) groups excluding carboxylic acids is 1. The van der Waals surface area contributed by atoms with Gasteiger partial charge < -0.3 is 20.5 Å². The minimum atomic E-state index is -0.624. The van der Waals surface area contributed by atoms with Gasteiger partial charge in [0.15, 0.2) is 0 Å². The molecule has 0 aliphatic rings. The van der Waals surface area contributed by atoms with Crippen molar-refractivity contribution in [3.63, 3.8) is 0 Å². The zero-order valence-electron chi connectivity index (χ0n) is 11.6. The van der Waals surface area contributed by atoms with Crippen LogP contribution in [0.4, 0.5) is 21.5 Å². The molecule has 6 heteroatoms. The topological polar surface area (TPSA) is 73.6 Å². The minimum Gasteiger partial charge on any atom is -0.497 e. The zero-order chi connectivity index (χ0) is 15.4. The number of hydrogen-bond donors (Lipinski definition) is 2. The monoisotopic (exact) mass is 290 g/mol. The van der Waals surface area contributed by atoms with Gasteiger partial charge in [-0.15, -0.1) is 0 Å².